The standard InChI is InChI=1S/C10H19NO2/c1-2-10(5-6-10)8-11-9(13)4-3-7-12/h12H,2-8H2,1H3,(H,11,13). The molecule has 1 aliphatic carbocycles. The van der Waals surface area contributed by atoms with E-state index < -0.39 is 0 Å². The van der Waals surface area contributed by atoms with Gasteiger partial charge in [-0.1, -0.05) is 6.92 Å². The van der Waals surface area contributed by atoms with Crippen LogP contribution in [0.4, 0.5) is 0 Å². The highest BCUT2D eigenvalue weighted by molar-refractivity contribution is 5.75. The van der Waals surface area contributed by atoms with Crippen LogP contribution in [0.1, 0.15) is 39.0 Å². The number of carbonyl (C=O) groups is 1. The van der Waals surface area contributed by atoms with Crippen molar-refractivity contribution in [2.75, 3.05) is 13.2 Å². The van der Waals surface area contributed by atoms with Crippen molar-refractivity contribution in [3.8, 4) is 0 Å². The van der Waals surface area contributed by atoms with Crippen LogP contribution in [0.15, 0.2) is 0 Å². The summed E-state index contributed by atoms with van der Waals surface area (Å²) >= 11 is 0. The molecule has 0 radical (unpaired) electrons. The molecule has 0 heterocycles. The van der Waals surface area contributed by atoms with Gasteiger partial charge >= 0.3 is 0 Å². The number of rotatable bonds is 6. The van der Waals surface area contributed by atoms with Gasteiger partial charge < -0.3 is 10.4 Å². The molecule has 1 rings (SSSR count). The molecule has 3 nitrogen and oxygen atoms in total. The summed E-state index contributed by atoms with van der Waals surface area (Å²) in [5.74, 6) is 0.0776. The minimum Gasteiger partial charge on any atom is -0.396 e. The minimum absolute atomic E-state index is 0.0776. The van der Waals surface area contributed by atoms with Crippen molar-refractivity contribution in [2.24, 2.45) is 5.41 Å². The van der Waals surface area contributed by atoms with Gasteiger partial charge in [-0.2, -0.15) is 0 Å². The molecule has 0 unspecified atom stereocenters. The monoisotopic (exact) mass is 185 g/mol. The van der Waals surface area contributed by atoms with Crippen molar-refractivity contribution in [3.05, 3.63) is 0 Å². The average molecular weight is 185 g/mol. The van der Waals surface area contributed by atoms with E-state index in [1.54, 1.807) is 0 Å². The fourth-order valence-electron chi connectivity index (χ4n) is 1.45. The predicted molar refractivity (Wildman–Crippen MR) is 51.3 cm³/mol. The summed E-state index contributed by atoms with van der Waals surface area (Å²) in [6.45, 7) is 3.10. The zero-order valence-corrected chi connectivity index (χ0v) is 8.31. The summed E-state index contributed by atoms with van der Waals surface area (Å²) in [4.78, 5) is 11.2. The van der Waals surface area contributed by atoms with Gasteiger partial charge in [0.25, 0.3) is 0 Å². The van der Waals surface area contributed by atoms with Gasteiger partial charge in [0.1, 0.15) is 0 Å². The Bertz CT molecular complexity index is 176. The number of hydrogen-bond donors (Lipinski definition) is 2. The molecule has 1 amide bonds. The van der Waals surface area contributed by atoms with Gasteiger partial charge in [0, 0.05) is 19.6 Å². The highest BCUT2D eigenvalue weighted by Gasteiger charge is 2.40. The third-order valence-corrected chi connectivity index (χ3v) is 2.93. The van der Waals surface area contributed by atoms with Crippen LogP contribution in [0.2, 0.25) is 0 Å². The first kappa shape index (κ1) is 10.5. The third kappa shape index (κ3) is 3.35. The van der Waals surface area contributed by atoms with Crippen LogP contribution in [0.25, 0.3) is 0 Å². The van der Waals surface area contributed by atoms with Gasteiger partial charge in [-0.15, -0.1) is 0 Å². The van der Waals surface area contributed by atoms with Crippen LogP contribution in [0, 0.1) is 5.41 Å². The van der Waals surface area contributed by atoms with Crippen molar-refractivity contribution in [1.29, 1.82) is 0 Å². The molecule has 1 saturated carbocycles. The number of nitrogens with one attached hydrogen (secondary N) is 1. The van der Waals surface area contributed by atoms with Gasteiger partial charge in [0.2, 0.25) is 5.91 Å². The zero-order valence-electron chi connectivity index (χ0n) is 8.31. The summed E-state index contributed by atoms with van der Waals surface area (Å²) in [6.07, 6.45) is 4.70. The zero-order chi connectivity index (χ0) is 9.73. The van der Waals surface area contributed by atoms with Gasteiger partial charge in [0.15, 0.2) is 0 Å². The van der Waals surface area contributed by atoms with E-state index in [0.717, 1.165) is 13.0 Å². The number of aliphatic hydroxyl groups excluding tert-OH is 1. The first-order valence-corrected chi connectivity index (χ1v) is 5.10. The van der Waals surface area contributed by atoms with Crippen LogP contribution >= 0.6 is 0 Å². The lowest BCUT2D eigenvalue weighted by molar-refractivity contribution is -0.121. The second-order valence-electron chi connectivity index (χ2n) is 3.96. The minimum atomic E-state index is 0.0776. The Morgan fingerprint density at radius 1 is 1.54 bits per heavy atom. The van der Waals surface area contributed by atoms with Crippen LogP contribution < -0.4 is 5.32 Å². The van der Waals surface area contributed by atoms with E-state index in [-0.39, 0.29) is 12.5 Å². The summed E-state index contributed by atoms with van der Waals surface area (Å²) in [6, 6.07) is 0. The summed E-state index contributed by atoms with van der Waals surface area (Å²) in [5.41, 5.74) is 0.425. The fraction of sp³-hybridized carbons (Fsp3) is 0.900. The number of amides is 1. The molecule has 0 atom stereocenters. The fourth-order valence-corrected chi connectivity index (χ4v) is 1.45. The van der Waals surface area contributed by atoms with E-state index in [9.17, 15) is 4.79 Å². The van der Waals surface area contributed by atoms with E-state index in [0.29, 0.717) is 18.3 Å². The van der Waals surface area contributed by atoms with E-state index >= 15 is 0 Å². The Kier molecular flexibility index (Phi) is 3.72. The largest absolute Gasteiger partial charge is 0.396 e. The Hall–Kier alpha value is -0.570. The maximum absolute atomic E-state index is 11.2. The van der Waals surface area contributed by atoms with Crippen LogP contribution in [-0.2, 0) is 4.79 Å². The number of hydrogen-bond acceptors (Lipinski definition) is 2. The van der Waals surface area contributed by atoms with Gasteiger partial charge in [-0.25, -0.2) is 0 Å². The molecule has 3 heteroatoms. The van der Waals surface area contributed by atoms with E-state index in [1.807, 2.05) is 0 Å². The second-order valence-corrected chi connectivity index (χ2v) is 3.96. The van der Waals surface area contributed by atoms with Crippen LogP contribution in [0.3, 0.4) is 0 Å². The maximum atomic E-state index is 11.2. The second kappa shape index (κ2) is 4.61. The normalized spacial score (nSPS) is 18.3. The Morgan fingerprint density at radius 2 is 2.23 bits per heavy atom. The highest BCUT2D eigenvalue weighted by Crippen LogP contribution is 2.47. The third-order valence-electron chi connectivity index (χ3n) is 2.93. The van der Waals surface area contributed by atoms with Crippen molar-refractivity contribution in [1.82, 2.24) is 5.32 Å². The van der Waals surface area contributed by atoms with E-state index in [1.165, 1.54) is 12.8 Å². The quantitative estimate of drug-likeness (QED) is 0.650. The average Bonchev–Trinajstić information content (AvgIpc) is 2.92. The van der Waals surface area contributed by atoms with Crippen molar-refractivity contribution in [3.63, 3.8) is 0 Å². The van der Waals surface area contributed by atoms with Crippen molar-refractivity contribution in [2.45, 2.75) is 39.0 Å². The molecule has 0 spiro atoms. The van der Waals surface area contributed by atoms with Gasteiger partial charge in [0.05, 0.1) is 0 Å². The summed E-state index contributed by atoms with van der Waals surface area (Å²) in [5, 5.41) is 11.4. The number of aliphatic hydroxyl groups is 1. The molecule has 0 aromatic heterocycles. The van der Waals surface area contributed by atoms with E-state index in [2.05, 4.69) is 12.2 Å². The molecular formula is C10H19NO2. The van der Waals surface area contributed by atoms with Gasteiger partial charge in [-0.3, -0.25) is 4.79 Å². The molecule has 0 saturated heterocycles. The highest BCUT2D eigenvalue weighted by atomic mass is 16.3. The molecule has 2 N–H and O–H groups in total. The lowest BCUT2D eigenvalue weighted by Crippen LogP contribution is -2.29. The topological polar surface area (TPSA) is 49.3 Å². The molecule has 76 valence electrons. The number of carbonyl (C=O) groups excluding carboxylic acids is 1. The lowest BCUT2D eigenvalue weighted by Gasteiger charge is -2.12. The van der Waals surface area contributed by atoms with Crippen molar-refractivity contribution < 1.29 is 9.90 Å². The Balaban J connectivity index is 2.08. The van der Waals surface area contributed by atoms with Crippen LogP contribution in [0.5, 0.6) is 0 Å². The molecule has 1 aliphatic rings. The first-order valence-electron chi connectivity index (χ1n) is 5.10. The maximum Gasteiger partial charge on any atom is 0.220 e. The van der Waals surface area contributed by atoms with Crippen LogP contribution in [-0.4, -0.2) is 24.2 Å². The van der Waals surface area contributed by atoms with Gasteiger partial charge in [-0.05, 0) is 31.1 Å². The molecule has 0 aliphatic heterocycles. The molecule has 0 bridgehead atoms. The summed E-state index contributed by atoms with van der Waals surface area (Å²) in [7, 11) is 0. The predicted octanol–water partition coefficient (Wildman–Crippen LogP) is 1.07. The molecule has 0 aromatic carbocycles. The molecule has 13 heavy (non-hydrogen) atoms. The molecule has 1 fully saturated rings. The Morgan fingerprint density at radius 3 is 2.69 bits per heavy atom. The first-order chi connectivity index (χ1) is 6.22. The SMILES string of the molecule is CCC1(CNC(=O)CCCO)CC1. The smallest absolute Gasteiger partial charge is 0.220 e. The molecule has 0 aromatic rings. The Labute approximate surface area is 79.5 Å². The molecular weight excluding hydrogens is 166 g/mol. The summed E-state index contributed by atoms with van der Waals surface area (Å²) < 4.78 is 0. The van der Waals surface area contributed by atoms with E-state index in [4.69, 9.17) is 5.11 Å². The van der Waals surface area contributed by atoms with Crippen molar-refractivity contribution >= 4 is 5.91 Å². The lowest BCUT2D eigenvalue weighted by atomic mass is 10.0.